The molecule has 0 amide bonds. The van der Waals surface area contributed by atoms with E-state index in [4.69, 9.17) is 16.3 Å². The van der Waals surface area contributed by atoms with Gasteiger partial charge in [-0.05, 0) is 50.5 Å². The summed E-state index contributed by atoms with van der Waals surface area (Å²) >= 11 is 6.11. The molecule has 1 heterocycles. The van der Waals surface area contributed by atoms with Gasteiger partial charge >= 0.3 is 5.97 Å². The van der Waals surface area contributed by atoms with Gasteiger partial charge in [-0.3, -0.25) is 0 Å². The molecule has 1 fully saturated rings. The number of benzene rings is 2. The van der Waals surface area contributed by atoms with Crippen molar-refractivity contribution in [1.29, 1.82) is 0 Å². The number of rotatable bonds is 5. The van der Waals surface area contributed by atoms with Gasteiger partial charge in [-0.1, -0.05) is 40.9 Å². The predicted octanol–water partition coefficient (Wildman–Crippen LogP) is 4.10. The summed E-state index contributed by atoms with van der Waals surface area (Å²) in [6, 6.07) is 10.2. The Balaban J connectivity index is 1.79. The third-order valence-corrected chi connectivity index (χ3v) is 6.88. The minimum Gasteiger partial charge on any atom is -0.457 e. The van der Waals surface area contributed by atoms with Crippen molar-refractivity contribution >= 4 is 27.6 Å². The summed E-state index contributed by atoms with van der Waals surface area (Å²) in [5, 5.41) is 0.104. The summed E-state index contributed by atoms with van der Waals surface area (Å²) in [7, 11) is -3.71. The maximum absolute atomic E-state index is 12.8. The molecule has 0 aliphatic carbocycles. The van der Waals surface area contributed by atoms with E-state index >= 15 is 0 Å². The SMILES string of the molecule is Cc1cc(C)cc(COC(=O)c2ccc(Cl)c(S(=O)(=O)N3CCCC3)c2)c1. The van der Waals surface area contributed by atoms with Crippen molar-refractivity contribution < 1.29 is 17.9 Å². The summed E-state index contributed by atoms with van der Waals surface area (Å²) in [4.78, 5) is 12.4. The van der Waals surface area contributed by atoms with E-state index in [2.05, 4.69) is 0 Å². The van der Waals surface area contributed by atoms with Crippen molar-refractivity contribution in [3.63, 3.8) is 0 Å². The normalized spacial score (nSPS) is 15.1. The second-order valence-corrected chi connectivity index (χ2v) is 9.14. The fourth-order valence-electron chi connectivity index (χ4n) is 3.28. The summed E-state index contributed by atoms with van der Waals surface area (Å²) in [5.74, 6) is -0.580. The van der Waals surface area contributed by atoms with Gasteiger partial charge < -0.3 is 4.74 Å². The zero-order valence-corrected chi connectivity index (χ0v) is 16.9. The zero-order valence-electron chi connectivity index (χ0n) is 15.4. The van der Waals surface area contributed by atoms with Gasteiger partial charge in [0.05, 0.1) is 10.6 Å². The monoisotopic (exact) mass is 407 g/mol. The van der Waals surface area contributed by atoms with Crippen LogP contribution in [-0.4, -0.2) is 31.8 Å². The standard InChI is InChI=1S/C20H22ClNO4S/c1-14-9-15(2)11-16(10-14)13-26-20(23)17-5-6-18(21)19(12-17)27(24,25)22-7-3-4-8-22/h5-6,9-12H,3-4,7-8,13H2,1-2H3. The molecule has 3 rings (SSSR count). The number of esters is 1. The number of nitrogens with zero attached hydrogens (tertiary/aromatic N) is 1. The van der Waals surface area contributed by atoms with Crippen LogP contribution in [0.1, 0.15) is 39.9 Å². The Morgan fingerprint density at radius 2 is 1.70 bits per heavy atom. The van der Waals surface area contributed by atoms with Crippen LogP contribution in [-0.2, 0) is 21.4 Å². The molecular formula is C20H22ClNO4S. The van der Waals surface area contributed by atoms with Crippen LogP contribution in [0.4, 0.5) is 0 Å². The highest BCUT2D eigenvalue weighted by atomic mass is 35.5. The van der Waals surface area contributed by atoms with E-state index in [0.29, 0.717) is 13.1 Å². The summed E-state index contributed by atoms with van der Waals surface area (Å²) in [6.07, 6.45) is 1.66. The van der Waals surface area contributed by atoms with E-state index in [0.717, 1.165) is 29.5 Å². The van der Waals surface area contributed by atoms with Crippen molar-refractivity contribution in [2.24, 2.45) is 0 Å². The average Bonchev–Trinajstić information content (AvgIpc) is 3.14. The molecule has 0 atom stereocenters. The lowest BCUT2D eigenvalue weighted by Gasteiger charge is -2.17. The second-order valence-electron chi connectivity index (χ2n) is 6.83. The zero-order chi connectivity index (χ0) is 19.6. The Labute approximate surface area is 165 Å². The van der Waals surface area contributed by atoms with Crippen LogP contribution in [0.25, 0.3) is 0 Å². The van der Waals surface area contributed by atoms with E-state index in [1.165, 1.54) is 22.5 Å². The minimum atomic E-state index is -3.71. The molecule has 1 saturated heterocycles. The number of carbonyl (C=O) groups excluding carboxylic acids is 1. The van der Waals surface area contributed by atoms with Crippen LogP contribution in [0.15, 0.2) is 41.3 Å². The molecule has 144 valence electrons. The third kappa shape index (κ3) is 4.51. The molecule has 7 heteroatoms. The average molecular weight is 408 g/mol. The fourth-order valence-corrected chi connectivity index (χ4v) is 5.30. The van der Waals surface area contributed by atoms with Gasteiger partial charge in [-0.2, -0.15) is 4.31 Å². The molecule has 2 aromatic carbocycles. The van der Waals surface area contributed by atoms with Gasteiger partial charge in [0.2, 0.25) is 10.0 Å². The molecule has 1 aliphatic heterocycles. The van der Waals surface area contributed by atoms with Crippen LogP contribution < -0.4 is 0 Å². The first-order chi connectivity index (χ1) is 12.8. The smallest absolute Gasteiger partial charge is 0.338 e. The largest absolute Gasteiger partial charge is 0.457 e. The Kier molecular flexibility index (Phi) is 5.89. The van der Waals surface area contributed by atoms with E-state index in [9.17, 15) is 13.2 Å². The van der Waals surface area contributed by atoms with Crippen LogP contribution in [0, 0.1) is 13.8 Å². The Hall–Kier alpha value is -1.89. The highest BCUT2D eigenvalue weighted by molar-refractivity contribution is 7.89. The van der Waals surface area contributed by atoms with E-state index in [1.54, 1.807) is 0 Å². The van der Waals surface area contributed by atoms with Gasteiger partial charge in [0, 0.05) is 13.1 Å². The topological polar surface area (TPSA) is 63.7 Å². The molecule has 0 aromatic heterocycles. The summed E-state index contributed by atoms with van der Waals surface area (Å²) in [6.45, 7) is 5.03. The molecule has 0 spiro atoms. The molecule has 0 N–H and O–H groups in total. The predicted molar refractivity (Wildman–Crippen MR) is 104 cm³/mol. The van der Waals surface area contributed by atoms with Gasteiger partial charge in [0.15, 0.2) is 0 Å². The number of halogens is 1. The van der Waals surface area contributed by atoms with Crippen LogP contribution in [0.2, 0.25) is 5.02 Å². The van der Waals surface area contributed by atoms with Crippen molar-refractivity contribution in [3.8, 4) is 0 Å². The second kappa shape index (κ2) is 8.00. The third-order valence-electron chi connectivity index (χ3n) is 4.50. The van der Waals surface area contributed by atoms with Gasteiger partial charge in [-0.25, -0.2) is 13.2 Å². The first-order valence-corrected chi connectivity index (χ1v) is 10.6. The number of sulfonamides is 1. The van der Waals surface area contributed by atoms with Gasteiger partial charge in [0.1, 0.15) is 11.5 Å². The number of hydrogen-bond acceptors (Lipinski definition) is 4. The van der Waals surface area contributed by atoms with Crippen LogP contribution in [0.3, 0.4) is 0 Å². The molecule has 0 saturated carbocycles. The quantitative estimate of drug-likeness (QED) is 0.700. The molecular weight excluding hydrogens is 386 g/mol. The number of hydrogen-bond donors (Lipinski definition) is 0. The minimum absolute atomic E-state index is 0.0492. The molecule has 0 radical (unpaired) electrons. The number of ether oxygens (including phenoxy) is 1. The Morgan fingerprint density at radius 3 is 2.33 bits per heavy atom. The molecule has 0 bridgehead atoms. The summed E-state index contributed by atoms with van der Waals surface area (Å²) < 4.78 is 32.3. The van der Waals surface area contributed by atoms with Crippen molar-refractivity contribution in [1.82, 2.24) is 4.31 Å². The lowest BCUT2D eigenvalue weighted by atomic mass is 10.1. The first-order valence-electron chi connectivity index (χ1n) is 8.81. The van der Waals surface area contributed by atoms with Crippen molar-refractivity contribution in [2.45, 2.75) is 38.2 Å². The summed E-state index contributed by atoms with van der Waals surface area (Å²) in [5.41, 5.74) is 3.24. The van der Waals surface area contributed by atoms with E-state index < -0.39 is 16.0 Å². The van der Waals surface area contributed by atoms with Crippen molar-refractivity contribution in [2.75, 3.05) is 13.1 Å². The molecule has 0 unspecified atom stereocenters. The maximum atomic E-state index is 12.8. The van der Waals surface area contributed by atoms with Gasteiger partial charge in [0.25, 0.3) is 0 Å². The molecule has 5 nitrogen and oxygen atoms in total. The Bertz CT molecular complexity index is 946. The molecule has 2 aromatic rings. The number of aryl methyl sites for hydroxylation is 2. The van der Waals surface area contributed by atoms with Crippen molar-refractivity contribution in [3.05, 3.63) is 63.7 Å². The highest BCUT2D eigenvalue weighted by Crippen LogP contribution is 2.28. The number of carbonyl (C=O) groups is 1. The lowest BCUT2D eigenvalue weighted by Crippen LogP contribution is -2.28. The molecule has 27 heavy (non-hydrogen) atoms. The maximum Gasteiger partial charge on any atom is 0.338 e. The van der Waals surface area contributed by atoms with Crippen LogP contribution in [0.5, 0.6) is 0 Å². The lowest BCUT2D eigenvalue weighted by molar-refractivity contribution is 0.0472. The van der Waals surface area contributed by atoms with E-state index in [1.807, 2.05) is 32.0 Å². The first kappa shape index (κ1) is 19.9. The van der Waals surface area contributed by atoms with E-state index in [-0.39, 0.29) is 22.1 Å². The van der Waals surface area contributed by atoms with Gasteiger partial charge in [-0.15, -0.1) is 0 Å². The molecule has 1 aliphatic rings. The Morgan fingerprint density at radius 1 is 1.07 bits per heavy atom. The fraction of sp³-hybridized carbons (Fsp3) is 0.350. The van der Waals surface area contributed by atoms with Crippen LogP contribution >= 0.6 is 11.6 Å². The highest BCUT2D eigenvalue weighted by Gasteiger charge is 2.29.